The highest BCUT2D eigenvalue weighted by Gasteiger charge is 2.49. The van der Waals surface area contributed by atoms with Gasteiger partial charge in [-0.2, -0.15) is 4.99 Å². The number of anilines is 2. The van der Waals surface area contributed by atoms with Gasteiger partial charge >= 0.3 is 0 Å². The third kappa shape index (κ3) is 5.10. The lowest BCUT2D eigenvalue weighted by Crippen LogP contribution is -2.38. The van der Waals surface area contributed by atoms with Crippen LogP contribution in [-0.4, -0.2) is 62.5 Å². The standard InChI is InChI=1S/C25H31N3O4S2/c1-5-27(6-2)19-9-12-21(17(3)13-19)28-22-15-34(30,31)16-23(22)33-25(28)26-24(29)14-18-7-10-20(32-4)11-8-18/h7-13,22-23H,5-6,14-16H2,1-4H3/t22-,23+/m0/s1. The number of carbonyl (C=O) groups is 1. The Bertz CT molecular complexity index is 1190. The number of aryl methyl sites for hydroxylation is 1. The van der Waals surface area contributed by atoms with E-state index in [0.717, 1.165) is 41.3 Å². The lowest BCUT2D eigenvalue weighted by Gasteiger charge is -2.28. The summed E-state index contributed by atoms with van der Waals surface area (Å²) in [5, 5.41) is 0.460. The van der Waals surface area contributed by atoms with Crippen LogP contribution in [0.2, 0.25) is 0 Å². The minimum Gasteiger partial charge on any atom is -0.497 e. The van der Waals surface area contributed by atoms with Crippen LogP contribution in [0.5, 0.6) is 5.75 Å². The smallest absolute Gasteiger partial charge is 0.252 e. The largest absolute Gasteiger partial charge is 0.497 e. The summed E-state index contributed by atoms with van der Waals surface area (Å²) >= 11 is 1.41. The second-order valence-electron chi connectivity index (χ2n) is 8.63. The van der Waals surface area contributed by atoms with Crippen LogP contribution in [-0.2, 0) is 21.1 Å². The molecule has 34 heavy (non-hydrogen) atoms. The number of sulfone groups is 1. The summed E-state index contributed by atoms with van der Waals surface area (Å²) < 4.78 is 29.9. The maximum absolute atomic E-state index is 12.9. The van der Waals surface area contributed by atoms with Crippen molar-refractivity contribution < 1.29 is 17.9 Å². The molecule has 0 N–H and O–H groups in total. The van der Waals surface area contributed by atoms with E-state index in [4.69, 9.17) is 4.74 Å². The highest BCUT2D eigenvalue weighted by atomic mass is 32.2. The second kappa shape index (κ2) is 10.00. The zero-order valence-electron chi connectivity index (χ0n) is 20.0. The van der Waals surface area contributed by atoms with Crippen LogP contribution in [0, 0.1) is 6.92 Å². The van der Waals surface area contributed by atoms with Gasteiger partial charge in [-0.05, 0) is 62.2 Å². The van der Waals surface area contributed by atoms with E-state index in [9.17, 15) is 13.2 Å². The van der Waals surface area contributed by atoms with Crippen molar-refractivity contribution in [3.63, 3.8) is 0 Å². The predicted molar refractivity (Wildman–Crippen MR) is 140 cm³/mol. The first kappa shape index (κ1) is 24.6. The van der Waals surface area contributed by atoms with E-state index in [1.54, 1.807) is 7.11 Å². The number of aliphatic imine (C=N–C) groups is 1. The van der Waals surface area contributed by atoms with Crippen molar-refractivity contribution in [2.75, 3.05) is 41.5 Å². The fraction of sp³-hybridized carbons (Fsp3) is 0.440. The van der Waals surface area contributed by atoms with Crippen molar-refractivity contribution >= 4 is 44.0 Å². The van der Waals surface area contributed by atoms with Gasteiger partial charge in [0.25, 0.3) is 5.91 Å². The Morgan fingerprint density at radius 2 is 1.85 bits per heavy atom. The molecule has 4 rings (SSSR count). The SMILES string of the molecule is CCN(CC)c1ccc(N2C(=NC(=O)Cc3ccc(OC)cc3)S[C@@H]3CS(=O)(=O)C[C@@H]32)c(C)c1. The van der Waals surface area contributed by atoms with E-state index in [2.05, 4.69) is 35.9 Å². The number of amides is 1. The summed E-state index contributed by atoms with van der Waals surface area (Å²) in [5.41, 5.74) is 3.92. The molecule has 0 saturated carbocycles. The zero-order chi connectivity index (χ0) is 24.5. The number of nitrogens with zero attached hydrogens (tertiary/aromatic N) is 3. The molecule has 2 heterocycles. The monoisotopic (exact) mass is 501 g/mol. The van der Waals surface area contributed by atoms with Crippen LogP contribution >= 0.6 is 11.8 Å². The fourth-order valence-electron chi connectivity index (χ4n) is 4.61. The first-order valence-electron chi connectivity index (χ1n) is 11.5. The molecular weight excluding hydrogens is 470 g/mol. The number of ether oxygens (including phenoxy) is 1. The molecule has 0 unspecified atom stereocenters. The zero-order valence-corrected chi connectivity index (χ0v) is 21.7. The number of hydrogen-bond donors (Lipinski definition) is 0. The number of benzene rings is 2. The Morgan fingerprint density at radius 1 is 1.15 bits per heavy atom. The Labute approximate surface area is 206 Å². The van der Waals surface area contributed by atoms with E-state index < -0.39 is 9.84 Å². The van der Waals surface area contributed by atoms with Crippen molar-refractivity contribution in [2.45, 2.75) is 38.5 Å². The normalized spacial score (nSPS) is 22.1. The lowest BCUT2D eigenvalue weighted by molar-refractivity contribution is -0.117. The highest BCUT2D eigenvalue weighted by Crippen LogP contribution is 2.42. The summed E-state index contributed by atoms with van der Waals surface area (Å²) in [6, 6.07) is 13.3. The van der Waals surface area contributed by atoms with Gasteiger partial charge in [-0.25, -0.2) is 8.42 Å². The van der Waals surface area contributed by atoms with Crippen LogP contribution in [0.4, 0.5) is 11.4 Å². The maximum atomic E-state index is 12.9. The molecule has 0 bridgehead atoms. The quantitative estimate of drug-likeness (QED) is 0.572. The molecule has 2 atom stereocenters. The molecule has 0 aliphatic carbocycles. The number of fused-ring (bicyclic) bond motifs is 1. The first-order valence-corrected chi connectivity index (χ1v) is 14.2. The van der Waals surface area contributed by atoms with Gasteiger partial charge in [0.05, 0.1) is 31.1 Å². The van der Waals surface area contributed by atoms with Crippen LogP contribution in [0.15, 0.2) is 47.5 Å². The molecule has 2 aromatic rings. The maximum Gasteiger partial charge on any atom is 0.252 e. The topological polar surface area (TPSA) is 79.3 Å². The Kier molecular flexibility index (Phi) is 7.23. The number of rotatable bonds is 7. The third-order valence-corrected chi connectivity index (χ3v) is 9.58. The lowest BCUT2D eigenvalue weighted by atomic mass is 10.1. The number of carbonyl (C=O) groups excluding carboxylic acids is 1. The summed E-state index contributed by atoms with van der Waals surface area (Å²) in [6.45, 7) is 8.09. The van der Waals surface area contributed by atoms with Gasteiger partial charge in [-0.1, -0.05) is 23.9 Å². The average molecular weight is 502 g/mol. The van der Waals surface area contributed by atoms with Crippen LogP contribution < -0.4 is 14.5 Å². The van der Waals surface area contributed by atoms with Crippen molar-refractivity contribution in [1.82, 2.24) is 0 Å². The van der Waals surface area contributed by atoms with Gasteiger partial charge in [0.2, 0.25) is 0 Å². The first-order chi connectivity index (χ1) is 16.2. The summed E-state index contributed by atoms with van der Waals surface area (Å²) in [7, 11) is -1.52. The minimum absolute atomic E-state index is 0.0770. The van der Waals surface area contributed by atoms with E-state index in [-0.39, 0.29) is 35.1 Å². The van der Waals surface area contributed by atoms with E-state index in [1.165, 1.54) is 11.8 Å². The van der Waals surface area contributed by atoms with Gasteiger partial charge in [-0.3, -0.25) is 4.79 Å². The van der Waals surface area contributed by atoms with Crippen LogP contribution in [0.1, 0.15) is 25.0 Å². The van der Waals surface area contributed by atoms with E-state index >= 15 is 0 Å². The van der Waals surface area contributed by atoms with Gasteiger partial charge < -0.3 is 14.5 Å². The van der Waals surface area contributed by atoms with Crippen molar-refractivity contribution in [3.05, 3.63) is 53.6 Å². The number of methoxy groups -OCH3 is 1. The molecule has 2 aliphatic rings. The molecule has 2 fully saturated rings. The molecular formula is C25H31N3O4S2. The van der Waals surface area contributed by atoms with Crippen molar-refractivity contribution in [1.29, 1.82) is 0 Å². The van der Waals surface area contributed by atoms with Gasteiger partial charge in [0.1, 0.15) is 5.75 Å². The van der Waals surface area contributed by atoms with Gasteiger partial charge in [0, 0.05) is 29.7 Å². The number of thioether (sulfide) groups is 1. The Balaban J connectivity index is 1.64. The van der Waals surface area contributed by atoms with Crippen molar-refractivity contribution in [2.24, 2.45) is 4.99 Å². The van der Waals surface area contributed by atoms with Gasteiger partial charge in [-0.15, -0.1) is 0 Å². The third-order valence-electron chi connectivity index (χ3n) is 6.37. The van der Waals surface area contributed by atoms with E-state index in [1.807, 2.05) is 42.2 Å². The molecule has 7 nitrogen and oxygen atoms in total. The molecule has 2 aromatic carbocycles. The summed E-state index contributed by atoms with van der Waals surface area (Å²) in [5.74, 6) is 0.671. The second-order valence-corrected chi connectivity index (χ2v) is 12.0. The predicted octanol–water partition coefficient (Wildman–Crippen LogP) is 3.69. The minimum atomic E-state index is -3.12. The Hall–Kier alpha value is -2.52. The molecule has 182 valence electrons. The fourth-order valence-corrected chi connectivity index (χ4v) is 8.53. The average Bonchev–Trinajstić information content (AvgIpc) is 3.26. The summed E-state index contributed by atoms with van der Waals surface area (Å²) in [6.07, 6.45) is 0.176. The van der Waals surface area contributed by atoms with Gasteiger partial charge in [0.15, 0.2) is 15.0 Å². The molecule has 2 saturated heterocycles. The molecule has 1 amide bonds. The van der Waals surface area contributed by atoms with Crippen LogP contribution in [0.3, 0.4) is 0 Å². The molecule has 0 radical (unpaired) electrons. The molecule has 0 aromatic heterocycles. The number of hydrogen-bond acceptors (Lipinski definition) is 6. The van der Waals surface area contributed by atoms with Crippen molar-refractivity contribution in [3.8, 4) is 5.75 Å². The Morgan fingerprint density at radius 3 is 2.47 bits per heavy atom. The molecule has 9 heteroatoms. The summed E-state index contributed by atoms with van der Waals surface area (Å²) in [4.78, 5) is 21.6. The molecule has 0 spiro atoms. The number of amidine groups is 1. The van der Waals surface area contributed by atoms with Crippen LogP contribution in [0.25, 0.3) is 0 Å². The van der Waals surface area contributed by atoms with E-state index in [0.29, 0.717) is 5.17 Å². The highest BCUT2D eigenvalue weighted by molar-refractivity contribution is 8.16. The molecule has 2 aliphatic heterocycles.